The van der Waals surface area contributed by atoms with Crippen molar-refractivity contribution < 1.29 is 14.1 Å². The summed E-state index contributed by atoms with van der Waals surface area (Å²) in [6.45, 7) is 0. The Labute approximate surface area is 112 Å². The van der Waals surface area contributed by atoms with Crippen molar-refractivity contribution in [2.45, 2.75) is 0 Å². The zero-order chi connectivity index (χ0) is 14.0. The highest BCUT2D eigenvalue weighted by Crippen LogP contribution is 2.28. The van der Waals surface area contributed by atoms with Gasteiger partial charge in [-0.05, 0) is 6.07 Å². The molecule has 0 N–H and O–H groups in total. The summed E-state index contributed by atoms with van der Waals surface area (Å²) in [7, 11) is 0. The molecule has 0 fully saturated rings. The van der Waals surface area contributed by atoms with Gasteiger partial charge in [-0.25, -0.2) is 4.39 Å². The molecule has 96 valence electrons. The van der Waals surface area contributed by atoms with E-state index in [1.54, 1.807) is 18.2 Å². The summed E-state index contributed by atoms with van der Waals surface area (Å²) in [4.78, 5) is 22.3. The summed E-state index contributed by atoms with van der Waals surface area (Å²) in [6.07, 6.45) is 0. The lowest BCUT2D eigenvalue weighted by atomic mass is 10.0. The molecule has 0 aliphatic rings. The number of nitro benzene ring substituents is 1. The Hall–Kier alpha value is -2.27. The molecule has 0 unspecified atom stereocenters. The number of nitro groups is 1. The standard InChI is InChI=1S/C13H7ClFNO3/c14-10-7-12(16(18)19)9(6-11(10)15)13(17)8-4-2-1-3-5-8/h1-7H. The van der Waals surface area contributed by atoms with E-state index in [0.717, 1.165) is 12.1 Å². The van der Waals surface area contributed by atoms with Crippen LogP contribution in [-0.4, -0.2) is 10.7 Å². The molecule has 2 aromatic carbocycles. The number of carbonyl (C=O) groups is 1. The summed E-state index contributed by atoms with van der Waals surface area (Å²) in [5, 5.41) is 10.5. The number of benzene rings is 2. The van der Waals surface area contributed by atoms with Gasteiger partial charge >= 0.3 is 0 Å². The number of ketones is 1. The molecule has 0 heterocycles. The Balaban J connectivity index is 2.59. The van der Waals surface area contributed by atoms with Crippen LogP contribution in [0.2, 0.25) is 5.02 Å². The second kappa shape index (κ2) is 5.16. The Morgan fingerprint density at radius 1 is 1.21 bits per heavy atom. The Kier molecular flexibility index (Phi) is 3.57. The van der Waals surface area contributed by atoms with Gasteiger partial charge in [0.15, 0.2) is 5.78 Å². The Morgan fingerprint density at radius 3 is 2.42 bits per heavy atom. The molecule has 0 bridgehead atoms. The fourth-order valence-corrected chi connectivity index (χ4v) is 1.77. The van der Waals surface area contributed by atoms with Crippen LogP contribution < -0.4 is 0 Å². The first-order valence-electron chi connectivity index (χ1n) is 5.24. The molecule has 0 radical (unpaired) electrons. The monoisotopic (exact) mass is 279 g/mol. The van der Waals surface area contributed by atoms with Crippen molar-refractivity contribution in [2.24, 2.45) is 0 Å². The van der Waals surface area contributed by atoms with E-state index in [0.29, 0.717) is 0 Å². The highest BCUT2D eigenvalue weighted by Gasteiger charge is 2.23. The average Bonchev–Trinajstić information content (AvgIpc) is 2.41. The van der Waals surface area contributed by atoms with Crippen LogP contribution in [0, 0.1) is 15.9 Å². The molecule has 0 aliphatic heterocycles. The van der Waals surface area contributed by atoms with Gasteiger partial charge in [-0.1, -0.05) is 41.9 Å². The maximum atomic E-state index is 13.4. The minimum absolute atomic E-state index is 0.243. The van der Waals surface area contributed by atoms with Crippen molar-refractivity contribution in [1.29, 1.82) is 0 Å². The van der Waals surface area contributed by atoms with E-state index in [1.807, 2.05) is 0 Å². The molecule has 4 nitrogen and oxygen atoms in total. The molecule has 0 spiro atoms. The second-order valence-electron chi connectivity index (χ2n) is 3.74. The maximum absolute atomic E-state index is 13.4. The molecule has 0 saturated heterocycles. The summed E-state index contributed by atoms with van der Waals surface area (Å²) >= 11 is 5.49. The summed E-state index contributed by atoms with van der Waals surface area (Å²) in [6, 6.07) is 9.56. The lowest BCUT2D eigenvalue weighted by Gasteiger charge is -2.04. The third-order valence-corrected chi connectivity index (χ3v) is 2.81. The smallest absolute Gasteiger partial charge is 0.282 e. The number of hydrogen-bond acceptors (Lipinski definition) is 3. The summed E-state index contributed by atoms with van der Waals surface area (Å²) in [5.74, 6) is -1.49. The largest absolute Gasteiger partial charge is 0.288 e. The van der Waals surface area contributed by atoms with Crippen LogP contribution in [0.3, 0.4) is 0 Å². The number of hydrogen-bond donors (Lipinski definition) is 0. The predicted octanol–water partition coefficient (Wildman–Crippen LogP) is 3.62. The van der Waals surface area contributed by atoms with E-state index >= 15 is 0 Å². The third-order valence-electron chi connectivity index (χ3n) is 2.52. The van der Waals surface area contributed by atoms with Gasteiger partial charge in [-0.3, -0.25) is 14.9 Å². The van der Waals surface area contributed by atoms with Crippen LogP contribution in [0.4, 0.5) is 10.1 Å². The van der Waals surface area contributed by atoms with Crippen LogP contribution in [0.1, 0.15) is 15.9 Å². The number of rotatable bonds is 3. The third kappa shape index (κ3) is 2.61. The molecular formula is C13H7ClFNO3. The highest BCUT2D eigenvalue weighted by atomic mass is 35.5. The van der Waals surface area contributed by atoms with E-state index in [9.17, 15) is 19.3 Å². The predicted molar refractivity (Wildman–Crippen MR) is 67.9 cm³/mol. The number of halogens is 2. The van der Waals surface area contributed by atoms with Crippen molar-refractivity contribution in [3.05, 3.63) is 74.5 Å². The van der Waals surface area contributed by atoms with Gasteiger partial charge in [0.1, 0.15) is 11.4 Å². The molecule has 0 atom stereocenters. The zero-order valence-electron chi connectivity index (χ0n) is 9.47. The molecule has 0 saturated carbocycles. The maximum Gasteiger partial charge on any atom is 0.282 e. The summed E-state index contributed by atoms with van der Waals surface area (Å²) in [5.41, 5.74) is -0.592. The fraction of sp³-hybridized carbons (Fsp3) is 0. The average molecular weight is 280 g/mol. The van der Waals surface area contributed by atoms with Crippen LogP contribution >= 0.6 is 11.6 Å². The Morgan fingerprint density at radius 2 is 1.84 bits per heavy atom. The van der Waals surface area contributed by atoms with Crippen molar-refractivity contribution in [3.63, 3.8) is 0 Å². The zero-order valence-corrected chi connectivity index (χ0v) is 10.2. The first kappa shape index (κ1) is 13.2. The van der Waals surface area contributed by atoms with E-state index in [2.05, 4.69) is 0 Å². The van der Waals surface area contributed by atoms with Crippen LogP contribution in [0.25, 0.3) is 0 Å². The minimum Gasteiger partial charge on any atom is -0.288 e. The van der Waals surface area contributed by atoms with Gasteiger partial charge in [0.25, 0.3) is 5.69 Å². The lowest BCUT2D eigenvalue weighted by molar-refractivity contribution is -0.385. The summed E-state index contributed by atoms with van der Waals surface area (Å²) < 4.78 is 13.4. The van der Waals surface area contributed by atoms with Crippen LogP contribution in [0.5, 0.6) is 0 Å². The molecule has 19 heavy (non-hydrogen) atoms. The molecular weight excluding hydrogens is 273 g/mol. The molecule has 0 amide bonds. The van der Waals surface area contributed by atoms with Gasteiger partial charge < -0.3 is 0 Å². The molecule has 0 aliphatic carbocycles. The first-order chi connectivity index (χ1) is 9.00. The lowest BCUT2D eigenvalue weighted by Crippen LogP contribution is -2.06. The highest BCUT2D eigenvalue weighted by molar-refractivity contribution is 6.31. The minimum atomic E-state index is -0.869. The topological polar surface area (TPSA) is 60.2 Å². The van der Waals surface area contributed by atoms with Gasteiger partial charge in [0, 0.05) is 11.6 Å². The van der Waals surface area contributed by atoms with Crippen molar-refractivity contribution >= 4 is 23.1 Å². The fourth-order valence-electron chi connectivity index (χ4n) is 1.61. The number of carbonyl (C=O) groups excluding carboxylic acids is 1. The van der Waals surface area contributed by atoms with E-state index < -0.39 is 27.2 Å². The van der Waals surface area contributed by atoms with Gasteiger partial charge in [0.05, 0.1) is 9.95 Å². The van der Waals surface area contributed by atoms with Gasteiger partial charge in [0.2, 0.25) is 0 Å². The Bertz CT molecular complexity index is 658. The van der Waals surface area contributed by atoms with E-state index in [1.165, 1.54) is 12.1 Å². The SMILES string of the molecule is O=C(c1ccccc1)c1cc(F)c(Cl)cc1[N+](=O)[O-]. The quantitative estimate of drug-likeness (QED) is 0.490. The van der Waals surface area contributed by atoms with Crippen LogP contribution in [-0.2, 0) is 0 Å². The van der Waals surface area contributed by atoms with Crippen LogP contribution in [0.15, 0.2) is 42.5 Å². The molecule has 6 heteroatoms. The second-order valence-corrected chi connectivity index (χ2v) is 4.14. The van der Waals surface area contributed by atoms with Gasteiger partial charge in [-0.15, -0.1) is 0 Å². The first-order valence-corrected chi connectivity index (χ1v) is 5.61. The normalized spacial score (nSPS) is 10.2. The van der Waals surface area contributed by atoms with E-state index in [-0.39, 0.29) is 11.1 Å². The van der Waals surface area contributed by atoms with Crippen molar-refractivity contribution in [2.75, 3.05) is 0 Å². The molecule has 2 rings (SSSR count). The van der Waals surface area contributed by atoms with E-state index in [4.69, 9.17) is 11.6 Å². The molecule has 2 aromatic rings. The molecule has 0 aromatic heterocycles. The number of nitrogens with zero attached hydrogens (tertiary/aromatic N) is 1. The van der Waals surface area contributed by atoms with Crippen molar-refractivity contribution in [1.82, 2.24) is 0 Å². The van der Waals surface area contributed by atoms with Gasteiger partial charge in [-0.2, -0.15) is 0 Å². The van der Waals surface area contributed by atoms with Crippen molar-refractivity contribution in [3.8, 4) is 0 Å².